The second-order valence-corrected chi connectivity index (χ2v) is 3.70. The quantitative estimate of drug-likeness (QED) is 0.762. The van der Waals surface area contributed by atoms with E-state index in [1.165, 1.54) is 0 Å². The summed E-state index contributed by atoms with van der Waals surface area (Å²) in [6.45, 7) is 4.75. The number of hydrogen-bond acceptors (Lipinski definition) is 3. The first-order valence-electron chi connectivity index (χ1n) is 5.04. The van der Waals surface area contributed by atoms with Crippen LogP contribution in [-0.4, -0.2) is 14.5 Å². The largest absolute Gasteiger partial charge is 0.330 e. The average Bonchev–Trinajstić information content (AvgIpc) is 2.61. The number of rotatable bonds is 2. The van der Waals surface area contributed by atoms with E-state index in [9.17, 15) is 0 Å². The van der Waals surface area contributed by atoms with Gasteiger partial charge in [0, 0.05) is 18.4 Å². The van der Waals surface area contributed by atoms with Gasteiger partial charge in [-0.1, -0.05) is 0 Å². The van der Waals surface area contributed by atoms with Crippen molar-refractivity contribution < 1.29 is 0 Å². The molecule has 0 aliphatic rings. The number of nitrogens with zero attached hydrogens (tertiary/aromatic N) is 4. The predicted molar refractivity (Wildman–Crippen MR) is 59.8 cm³/mol. The van der Waals surface area contributed by atoms with E-state index in [1.54, 1.807) is 12.3 Å². The molecule has 0 unspecified atom stereocenters. The molecule has 80 valence electrons. The van der Waals surface area contributed by atoms with E-state index in [0.717, 1.165) is 23.5 Å². The highest BCUT2D eigenvalue weighted by Crippen LogP contribution is 2.09. The van der Waals surface area contributed by atoms with Gasteiger partial charge in [0.05, 0.1) is 12.0 Å². The fourth-order valence-electron chi connectivity index (χ4n) is 1.53. The summed E-state index contributed by atoms with van der Waals surface area (Å²) in [6.07, 6.45) is 3.48. The zero-order chi connectivity index (χ0) is 11.5. The Bertz CT molecular complexity index is 548. The molecule has 0 bridgehead atoms. The Morgan fingerprint density at radius 2 is 2.19 bits per heavy atom. The zero-order valence-corrected chi connectivity index (χ0v) is 9.31. The third-order valence-corrected chi connectivity index (χ3v) is 2.64. The van der Waals surface area contributed by atoms with Crippen LogP contribution < -0.4 is 0 Å². The van der Waals surface area contributed by atoms with E-state index in [-0.39, 0.29) is 0 Å². The van der Waals surface area contributed by atoms with E-state index in [1.807, 2.05) is 32.3 Å². The molecular weight excluding hydrogens is 200 g/mol. The summed E-state index contributed by atoms with van der Waals surface area (Å²) < 4.78 is 2.06. The lowest BCUT2D eigenvalue weighted by molar-refractivity contribution is 0.767. The summed E-state index contributed by atoms with van der Waals surface area (Å²) in [4.78, 5) is 8.18. The van der Waals surface area contributed by atoms with Crippen LogP contribution in [0, 0.1) is 25.2 Å². The Morgan fingerprint density at radius 3 is 2.81 bits per heavy atom. The van der Waals surface area contributed by atoms with Crippen LogP contribution >= 0.6 is 0 Å². The van der Waals surface area contributed by atoms with Gasteiger partial charge in [-0.3, -0.25) is 0 Å². The zero-order valence-electron chi connectivity index (χ0n) is 9.31. The lowest BCUT2D eigenvalue weighted by Gasteiger charge is -2.05. The molecule has 0 N–H and O–H groups in total. The Kier molecular flexibility index (Phi) is 2.69. The predicted octanol–water partition coefficient (Wildman–Crippen LogP) is 1.81. The molecule has 0 amide bonds. The maximum absolute atomic E-state index is 8.76. The van der Waals surface area contributed by atoms with Crippen molar-refractivity contribution in [1.29, 1.82) is 5.26 Å². The van der Waals surface area contributed by atoms with Gasteiger partial charge in [0.1, 0.15) is 11.8 Å². The topological polar surface area (TPSA) is 54.5 Å². The molecule has 0 atom stereocenters. The van der Waals surface area contributed by atoms with E-state index in [0.29, 0.717) is 5.69 Å². The number of aromatic nitrogens is 3. The molecule has 2 aromatic rings. The van der Waals surface area contributed by atoms with Gasteiger partial charge in [0.15, 0.2) is 0 Å². The molecule has 2 heterocycles. The SMILES string of the molecule is Cc1ncn(Cc2ccnc(C#N)c2)c1C. The summed E-state index contributed by atoms with van der Waals surface area (Å²) in [7, 11) is 0. The van der Waals surface area contributed by atoms with E-state index >= 15 is 0 Å². The maximum Gasteiger partial charge on any atom is 0.140 e. The van der Waals surface area contributed by atoms with E-state index < -0.39 is 0 Å². The van der Waals surface area contributed by atoms with E-state index in [4.69, 9.17) is 5.26 Å². The third-order valence-electron chi connectivity index (χ3n) is 2.64. The Morgan fingerprint density at radius 1 is 1.38 bits per heavy atom. The highest BCUT2D eigenvalue weighted by molar-refractivity contribution is 5.26. The number of pyridine rings is 1. The molecule has 2 rings (SSSR count). The first-order valence-corrected chi connectivity index (χ1v) is 5.04. The number of hydrogen-bond donors (Lipinski definition) is 0. The smallest absolute Gasteiger partial charge is 0.140 e. The van der Waals surface area contributed by atoms with Crippen LogP contribution in [0.1, 0.15) is 22.6 Å². The summed E-state index contributed by atoms with van der Waals surface area (Å²) in [6, 6.07) is 5.75. The normalized spacial score (nSPS) is 10.1. The van der Waals surface area contributed by atoms with Crippen molar-refractivity contribution in [2.75, 3.05) is 0 Å². The van der Waals surface area contributed by atoms with E-state index in [2.05, 4.69) is 14.5 Å². The molecule has 0 spiro atoms. The van der Waals surface area contributed by atoms with Gasteiger partial charge in [-0.2, -0.15) is 5.26 Å². The summed E-state index contributed by atoms with van der Waals surface area (Å²) >= 11 is 0. The Labute approximate surface area is 94.2 Å². The second-order valence-electron chi connectivity index (χ2n) is 3.70. The van der Waals surface area contributed by atoms with Crippen molar-refractivity contribution in [1.82, 2.24) is 14.5 Å². The van der Waals surface area contributed by atoms with Crippen LogP contribution in [0.3, 0.4) is 0 Å². The van der Waals surface area contributed by atoms with Gasteiger partial charge in [-0.25, -0.2) is 9.97 Å². The van der Waals surface area contributed by atoms with Gasteiger partial charge in [0.25, 0.3) is 0 Å². The molecule has 16 heavy (non-hydrogen) atoms. The van der Waals surface area contributed by atoms with Crippen molar-refractivity contribution in [3.8, 4) is 6.07 Å². The number of aryl methyl sites for hydroxylation is 1. The van der Waals surface area contributed by atoms with Crippen molar-refractivity contribution in [3.05, 3.63) is 47.3 Å². The van der Waals surface area contributed by atoms with Gasteiger partial charge in [-0.05, 0) is 31.5 Å². The summed E-state index contributed by atoms with van der Waals surface area (Å²) in [5.74, 6) is 0. The Balaban J connectivity index is 2.27. The molecule has 4 nitrogen and oxygen atoms in total. The molecule has 0 radical (unpaired) electrons. The van der Waals surface area contributed by atoms with Gasteiger partial charge in [0.2, 0.25) is 0 Å². The minimum atomic E-state index is 0.451. The van der Waals surface area contributed by atoms with Crippen LogP contribution in [-0.2, 0) is 6.54 Å². The minimum absolute atomic E-state index is 0.451. The van der Waals surface area contributed by atoms with Gasteiger partial charge < -0.3 is 4.57 Å². The first-order chi connectivity index (χ1) is 7.70. The second kappa shape index (κ2) is 4.15. The highest BCUT2D eigenvalue weighted by Gasteiger charge is 2.03. The van der Waals surface area contributed by atoms with Crippen molar-refractivity contribution in [3.63, 3.8) is 0 Å². The fourth-order valence-corrected chi connectivity index (χ4v) is 1.53. The molecule has 0 saturated carbocycles. The van der Waals surface area contributed by atoms with Gasteiger partial charge in [-0.15, -0.1) is 0 Å². The Hall–Kier alpha value is -2.15. The average molecular weight is 212 g/mol. The lowest BCUT2D eigenvalue weighted by Crippen LogP contribution is -2.01. The van der Waals surface area contributed by atoms with Crippen LogP contribution in [0.25, 0.3) is 0 Å². The summed E-state index contributed by atoms with van der Waals surface area (Å²) in [5, 5.41) is 8.76. The van der Waals surface area contributed by atoms with Crippen molar-refractivity contribution in [2.45, 2.75) is 20.4 Å². The summed E-state index contributed by atoms with van der Waals surface area (Å²) in [5.41, 5.74) is 3.70. The first kappa shape index (κ1) is 10.4. The van der Waals surface area contributed by atoms with Crippen LogP contribution in [0.4, 0.5) is 0 Å². The van der Waals surface area contributed by atoms with Gasteiger partial charge >= 0.3 is 0 Å². The minimum Gasteiger partial charge on any atom is -0.330 e. The molecule has 0 aliphatic heterocycles. The fraction of sp³-hybridized carbons (Fsp3) is 0.250. The number of nitriles is 1. The van der Waals surface area contributed by atoms with Crippen LogP contribution in [0.2, 0.25) is 0 Å². The molecule has 0 aliphatic carbocycles. The van der Waals surface area contributed by atoms with Crippen molar-refractivity contribution >= 4 is 0 Å². The highest BCUT2D eigenvalue weighted by atomic mass is 15.0. The maximum atomic E-state index is 8.76. The molecular formula is C12H12N4. The molecule has 0 saturated heterocycles. The van der Waals surface area contributed by atoms with Crippen LogP contribution in [0.15, 0.2) is 24.7 Å². The molecule has 4 heteroatoms. The molecule has 0 fully saturated rings. The third kappa shape index (κ3) is 1.94. The lowest BCUT2D eigenvalue weighted by atomic mass is 10.2. The standard InChI is InChI=1S/C12H12N4/c1-9-10(2)16(8-15-9)7-11-3-4-14-12(5-11)6-13/h3-5,8H,7H2,1-2H3. The van der Waals surface area contributed by atoms with Crippen molar-refractivity contribution in [2.24, 2.45) is 0 Å². The monoisotopic (exact) mass is 212 g/mol. The van der Waals surface area contributed by atoms with Crippen LogP contribution in [0.5, 0.6) is 0 Å². The number of imidazole rings is 1. The molecule has 0 aromatic carbocycles. The molecule has 2 aromatic heterocycles.